The van der Waals surface area contributed by atoms with Crippen LogP contribution in [0.4, 0.5) is 4.79 Å². The molecule has 53 heavy (non-hydrogen) atoms. The van der Waals surface area contributed by atoms with Crippen LogP contribution in [0.5, 0.6) is 11.5 Å². The largest absolute Gasteiger partial charge is 0.490 e. The fourth-order valence-electron chi connectivity index (χ4n) is 6.59. The molecule has 3 aliphatic rings. The minimum atomic E-state index is -1.87. The first-order chi connectivity index (χ1) is 24.6. The Balaban J connectivity index is 0.00000541. The number of carbonyl (C=O) groups is 2. The normalized spacial score (nSPS) is 18.6. The topological polar surface area (TPSA) is 80.3 Å². The quantitative estimate of drug-likeness (QED) is 0.153. The molecule has 0 spiro atoms. The summed E-state index contributed by atoms with van der Waals surface area (Å²) in [6.45, 7) is 8.94. The molecule has 2 heterocycles. The minimum Gasteiger partial charge on any atom is -0.490 e. The van der Waals surface area contributed by atoms with Crippen LogP contribution in [0.1, 0.15) is 55.4 Å². The van der Waals surface area contributed by atoms with E-state index in [1.807, 2.05) is 79.4 Å². The molecule has 14 heteroatoms. The fourth-order valence-corrected chi connectivity index (χ4v) is 7.18. The summed E-state index contributed by atoms with van der Waals surface area (Å²) in [5.41, 5.74) is 3.89. The molecule has 1 unspecified atom stereocenters. The van der Waals surface area contributed by atoms with Crippen molar-refractivity contribution in [2.75, 3.05) is 26.3 Å². The van der Waals surface area contributed by atoms with Gasteiger partial charge in [-0.2, -0.15) is 0 Å². The maximum absolute atomic E-state index is 14.9. The first-order valence-corrected chi connectivity index (χ1v) is 19.2. The molecule has 1 aliphatic carbocycles. The summed E-state index contributed by atoms with van der Waals surface area (Å²) in [7, 11) is 0. The second-order valence-electron chi connectivity index (χ2n) is 14.1. The van der Waals surface area contributed by atoms with E-state index in [1.54, 1.807) is 18.7 Å². The highest BCUT2D eigenvalue weighted by molar-refractivity contribution is 6.68. The van der Waals surface area contributed by atoms with Gasteiger partial charge in [0.1, 0.15) is 24.7 Å². The van der Waals surface area contributed by atoms with Crippen LogP contribution >= 0.6 is 70.4 Å². The number of benzene rings is 3. The van der Waals surface area contributed by atoms with Crippen molar-refractivity contribution in [3.63, 3.8) is 0 Å². The number of fused-ring (bicyclic) bond motifs is 2. The summed E-state index contributed by atoms with van der Waals surface area (Å²) in [6.07, 6.45) is 1.54. The molecule has 2 amide bonds. The molecule has 3 aromatic carbocycles. The average Bonchev–Trinajstić information content (AvgIpc) is 3.93. The number of amides is 2. The zero-order valence-electron chi connectivity index (χ0n) is 29.9. The van der Waals surface area contributed by atoms with Gasteiger partial charge in [0.15, 0.2) is 5.60 Å². The van der Waals surface area contributed by atoms with Gasteiger partial charge in [0, 0.05) is 36.3 Å². The second-order valence-corrected chi connectivity index (χ2v) is 17.1. The number of nitrogens with one attached hydrogen (secondary N) is 1. The number of nitrogens with zero attached hydrogens (tertiary/aromatic N) is 2. The SMILES string of the molecule is Cc1cc(Cl)c(OCCOc2ccc(C3=C(C(=O)N(Cc4ccccc4Cl)C4CC4)[C@H]4CNCC(C3)N4C(=O)OC(C)(C)C(Cl)(Cl)Cl)cc2)cc1C.Cl. The number of aryl methyl sites for hydroxylation is 2. The maximum Gasteiger partial charge on any atom is 0.411 e. The molecule has 2 atom stereocenters. The van der Waals surface area contributed by atoms with Crippen LogP contribution in [0, 0.1) is 13.8 Å². The number of ether oxygens (including phenoxy) is 3. The van der Waals surface area contributed by atoms with Crippen molar-refractivity contribution >= 4 is 88.0 Å². The van der Waals surface area contributed by atoms with E-state index in [1.165, 1.54) is 0 Å². The Hall–Kier alpha value is -2.56. The Bertz CT molecular complexity index is 1840. The highest BCUT2D eigenvalue weighted by Gasteiger charge is 2.50. The van der Waals surface area contributed by atoms with Crippen LogP contribution in [0.3, 0.4) is 0 Å². The number of alkyl halides is 3. The first kappa shape index (κ1) is 41.6. The Labute approximate surface area is 342 Å². The third-order valence-corrected chi connectivity index (χ3v) is 11.9. The van der Waals surface area contributed by atoms with Gasteiger partial charge in [-0.05, 0) is 105 Å². The Morgan fingerprint density at radius 2 is 1.57 bits per heavy atom. The highest BCUT2D eigenvalue weighted by Crippen LogP contribution is 2.44. The van der Waals surface area contributed by atoms with Crippen molar-refractivity contribution in [3.8, 4) is 11.5 Å². The average molecular weight is 847 g/mol. The van der Waals surface area contributed by atoms with E-state index in [4.69, 9.17) is 72.2 Å². The van der Waals surface area contributed by atoms with Crippen LogP contribution in [0.15, 0.2) is 66.2 Å². The van der Waals surface area contributed by atoms with Crippen LogP contribution in [-0.2, 0) is 16.1 Å². The summed E-state index contributed by atoms with van der Waals surface area (Å²) in [6, 6.07) is 18.2. The zero-order chi connectivity index (χ0) is 37.4. The van der Waals surface area contributed by atoms with Crippen LogP contribution < -0.4 is 14.8 Å². The second kappa shape index (κ2) is 17.1. The molecule has 6 rings (SSSR count). The third-order valence-electron chi connectivity index (χ3n) is 9.92. The molecule has 8 nitrogen and oxygen atoms in total. The van der Waals surface area contributed by atoms with Gasteiger partial charge in [0.2, 0.25) is 3.79 Å². The molecule has 0 radical (unpaired) electrons. The molecule has 0 aromatic heterocycles. The molecule has 2 fully saturated rings. The van der Waals surface area contributed by atoms with Gasteiger partial charge in [0.25, 0.3) is 5.91 Å². The smallest absolute Gasteiger partial charge is 0.411 e. The van der Waals surface area contributed by atoms with E-state index in [2.05, 4.69) is 5.32 Å². The Morgan fingerprint density at radius 1 is 0.906 bits per heavy atom. The number of halogens is 6. The summed E-state index contributed by atoms with van der Waals surface area (Å²) in [5.74, 6) is 1.13. The number of rotatable bonds is 11. The fraction of sp³-hybridized carbons (Fsp3) is 0.436. The number of piperazine rings is 1. The number of hydrogen-bond acceptors (Lipinski definition) is 6. The summed E-state index contributed by atoms with van der Waals surface area (Å²) >= 11 is 31.5. The minimum absolute atomic E-state index is 0. The standard InChI is InChI=1S/C39H42Cl5N3O5.ClH/c1-23-17-32(41)34(18-24(23)2)51-16-15-50-29-13-9-25(10-14-29)30-19-28-20-45-21-33(47(28)37(49)52-38(3,4)39(42,43)44)35(30)36(48)46(27-11-12-27)22-26-7-5-6-8-31(26)40;/h5-10,13-14,17-18,27-28,33,45H,11-12,15-16,19-22H2,1-4H3;1H/t28?,33-;/m1./s1. The van der Waals surface area contributed by atoms with Crippen LogP contribution in [0.25, 0.3) is 5.57 Å². The lowest BCUT2D eigenvalue weighted by Crippen LogP contribution is -2.64. The van der Waals surface area contributed by atoms with Crippen LogP contribution in [-0.4, -0.2) is 75.6 Å². The van der Waals surface area contributed by atoms with E-state index in [9.17, 15) is 9.59 Å². The lowest BCUT2D eigenvalue weighted by atomic mass is 9.82. The van der Waals surface area contributed by atoms with Crippen LogP contribution in [0.2, 0.25) is 10.0 Å². The summed E-state index contributed by atoms with van der Waals surface area (Å²) < 4.78 is 15.9. The van der Waals surface area contributed by atoms with E-state index < -0.39 is 21.5 Å². The predicted molar refractivity (Wildman–Crippen MR) is 215 cm³/mol. The molecule has 1 saturated carbocycles. The first-order valence-electron chi connectivity index (χ1n) is 17.3. The van der Waals surface area contributed by atoms with Gasteiger partial charge in [-0.1, -0.05) is 88.3 Å². The zero-order valence-corrected chi connectivity index (χ0v) is 34.5. The summed E-state index contributed by atoms with van der Waals surface area (Å²) in [5, 5.41) is 4.58. The van der Waals surface area contributed by atoms with Crippen molar-refractivity contribution in [3.05, 3.63) is 98.5 Å². The van der Waals surface area contributed by atoms with E-state index in [-0.39, 0.29) is 30.4 Å². The molecule has 1 N–H and O–H groups in total. The third kappa shape index (κ3) is 9.46. The van der Waals surface area contributed by atoms with Gasteiger partial charge in [-0.3, -0.25) is 9.69 Å². The van der Waals surface area contributed by atoms with Crippen molar-refractivity contribution < 1.29 is 23.8 Å². The van der Waals surface area contributed by atoms with Gasteiger partial charge in [0.05, 0.1) is 17.1 Å². The Morgan fingerprint density at radius 3 is 2.23 bits per heavy atom. The van der Waals surface area contributed by atoms with Gasteiger partial charge in [-0.15, -0.1) is 12.4 Å². The van der Waals surface area contributed by atoms with E-state index >= 15 is 0 Å². The van der Waals surface area contributed by atoms with Crippen molar-refractivity contribution in [1.82, 2.24) is 15.1 Å². The van der Waals surface area contributed by atoms with Crippen molar-refractivity contribution in [1.29, 1.82) is 0 Å². The maximum atomic E-state index is 14.9. The van der Waals surface area contributed by atoms with Gasteiger partial charge >= 0.3 is 6.09 Å². The number of carbonyl (C=O) groups excluding carboxylic acids is 2. The number of hydrogen-bond donors (Lipinski definition) is 1. The lowest BCUT2D eigenvalue weighted by Gasteiger charge is -2.48. The molecule has 286 valence electrons. The summed E-state index contributed by atoms with van der Waals surface area (Å²) in [4.78, 5) is 32.4. The highest BCUT2D eigenvalue weighted by atomic mass is 35.6. The molecular formula is C39H43Cl6N3O5. The van der Waals surface area contributed by atoms with Gasteiger partial charge < -0.3 is 24.4 Å². The lowest BCUT2D eigenvalue weighted by molar-refractivity contribution is -0.129. The van der Waals surface area contributed by atoms with Crippen molar-refractivity contribution in [2.45, 2.75) is 81.0 Å². The Kier molecular flexibility index (Phi) is 13.4. The molecule has 1 saturated heterocycles. The molecule has 2 bridgehead atoms. The van der Waals surface area contributed by atoms with Gasteiger partial charge in [-0.25, -0.2) is 4.79 Å². The molecular weight excluding hydrogens is 803 g/mol. The molecule has 2 aliphatic heterocycles. The van der Waals surface area contributed by atoms with Crippen molar-refractivity contribution in [2.24, 2.45) is 0 Å². The molecule has 3 aromatic rings. The van der Waals surface area contributed by atoms with E-state index in [0.29, 0.717) is 66.4 Å². The predicted octanol–water partition coefficient (Wildman–Crippen LogP) is 9.77. The monoisotopic (exact) mass is 843 g/mol. The van der Waals surface area contributed by atoms with E-state index in [0.717, 1.165) is 40.7 Å².